The van der Waals surface area contributed by atoms with Crippen LogP contribution in [-0.2, 0) is 0 Å². The molecule has 2 aromatic carbocycles. The third-order valence-corrected chi connectivity index (χ3v) is 2.06. The Labute approximate surface area is 99.3 Å². The zero-order valence-corrected chi connectivity index (χ0v) is 9.40. The second-order valence-electron chi connectivity index (χ2n) is 3.00. The Hall–Kier alpha value is -1.61. The molecule has 0 aliphatic carbocycles. The van der Waals surface area contributed by atoms with Gasteiger partial charge < -0.3 is 0 Å². The molecule has 82 valence electrons. The molecule has 0 spiro atoms. The zero-order chi connectivity index (χ0) is 11.8. The van der Waals surface area contributed by atoms with Crippen LogP contribution < -0.4 is 0 Å². The van der Waals surface area contributed by atoms with Gasteiger partial charge in [0.05, 0.1) is 0 Å². The summed E-state index contributed by atoms with van der Waals surface area (Å²) in [6.07, 6.45) is 0.813. The number of carbonyl (C=O) groups is 1. The number of aldehydes is 1. The largest absolute Gasteiger partial charge is 0.298 e. The van der Waals surface area contributed by atoms with E-state index >= 15 is 0 Å². The summed E-state index contributed by atoms with van der Waals surface area (Å²) in [6, 6.07) is 15.0. The van der Waals surface area contributed by atoms with Gasteiger partial charge in [-0.05, 0) is 24.3 Å². The van der Waals surface area contributed by atoms with Crippen molar-refractivity contribution < 1.29 is 9.18 Å². The van der Waals surface area contributed by atoms with E-state index in [0.717, 1.165) is 11.2 Å². The topological polar surface area (TPSA) is 17.1 Å². The fourth-order valence-electron chi connectivity index (χ4n) is 0.968. The average Bonchev–Trinajstić information content (AvgIpc) is 2.32. The number of halogens is 1. The molecule has 1 nitrogen and oxygen atoms in total. The highest BCUT2D eigenvalue weighted by molar-refractivity contribution is 7.80. The number of hydrogen-bond donors (Lipinski definition) is 1. The molecule has 0 unspecified atom stereocenters. The molecule has 0 fully saturated rings. The molecule has 3 heteroatoms. The van der Waals surface area contributed by atoms with Gasteiger partial charge in [0.15, 0.2) is 0 Å². The first-order chi connectivity index (χ1) is 7.72. The van der Waals surface area contributed by atoms with Gasteiger partial charge in [0.25, 0.3) is 0 Å². The molecule has 0 N–H and O–H groups in total. The smallest absolute Gasteiger partial charge is 0.150 e. The second-order valence-corrected chi connectivity index (χ2v) is 3.52. The fraction of sp³-hybridized carbons (Fsp3) is 0. The Morgan fingerprint density at radius 2 is 1.50 bits per heavy atom. The number of thiol groups is 1. The highest BCUT2D eigenvalue weighted by Crippen LogP contribution is 2.05. The molecule has 0 aromatic heterocycles. The maximum absolute atomic E-state index is 11.9. The SMILES string of the molecule is Fc1ccccc1.O=Cc1ccc(S)cc1. The normalized spacial score (nSPS) is 8.88. The van der Waals surface area contributed by atoms with E-state index in [2.05, 4.69) is 12.6 Å². The molecule has 0 heterocycles. The van der Waals surface area contributed by atoms with Crippen LogP contribution in [0.4, 0.5) is 4.39 Å². The molecule has 0 atom stereocenters. The molecule has 0 amide bonds. The van der Waals surface area contributed by atoms with Crippen LogP contribution in [0.25, 0.3) is 0 Å². The van der Waals surface area contributed by atoms with Gasteiger partial charge in [0.2, 0.25) is 0 Å². The maximum Gasteiger partial charge on any atom is 0.150 e. The van der Waals surface area contributed by atoms with Crippen LogP contribution in [0.15, 0.2) is 59.5 Å². The van der Waals surface area contributed by atoms with E-state index in [1.807, 2.05) is 0 Å². The van der Waals surface area contributed by atoms with Crippen molar-refractivity contribution >= 4 is 18.9 Å². The quantitative estimate of drug-likeness (QED) is 0.589. The predicted molar refractivity (Wildman–Crippen MR) is 65.5 cm³/mol. The minimum atomic E-state index is -0.178. The molecule has 0 saturated carbocycles. The lowest BCUT2D eigenvalue weighted by molar-refractivity contribution is 0.112. The van der Waals surface area contributed by atoms with Crippen LogP contribution in [0.2, 0.25) is 0 Å². The van der Waals surface area contributed by atoms with Gasteiger partial charge in [-0.1, -0.05) is 30.3 Å². The minimum Gasteiger partial charge on any atom is -0.298 e. The van der Waals surface area contributed by atoms with Crippen molar-refractivity contribution in [2.24, 2.45) is 0 Å². The molecular weight excluding hydrogens is 223 g/mol. The standard InChI is InChI=1S/C7H6OS.C6H5F/c8-5-6-1-3-7(9)4-2-6;7-6-4-2-1-3-5-6/h1-5,9H;1-5H. The van der Waals surface area contributed by atoms with Crippen molar-refractivity contribution in [3.63, 3.8) is 0 Å². The van der Waals surface area contributed by atoms with Gasteiger partial charge in [-0.25, -0.2) is 4.39 Å². The van der Waals surface area contributed by atoms with Crippen LogP contribution in [-0.4, -0.2) is 6.29 Å². The molecule has 0 radical (unpaired) electrons. The summed E-state index contributed by atoms with van der Waals surface area (Å²) in [5.41, 5.74) is 0.688. The van der Waals surface area contributed by atoms with E-state index in [1.54, 1.807) is 42.5 Å². The molecule has 2 rings (SSSR count). The summed E-state index contributed by atoms with van der Waals surface area (Å²) in [5.74, 6) is -0.178. The number of carbonyl (C=O) groups excluding carboxylic acids is 1. The molecule has 16 heavy (non-hydrogen) atoms. The van der Waals surface area contributed by atoms with Crippen molar-refractivity contribution in [3.8, 4) is 0 Å². The average molecular weight is 234 g/mol. The summed E-state index contributed by atoms with van der Waals surface area (Å²) in [5, 5.41) is 0. The van der Waals surface area contributed by atoms with Crippen molar-refractivity contribution in [3.05, 3.63) is 66.0 Å². The second kappa shape index (κ2) is 6.80. The predicted octanol–water partition coefficient (Wildman–Crippen LogP) is 3.61. The first kappa shape index (κ1) is 12.5. The third-order valence-electron chi connectivity index (χ3n) is 1.76. The zero-order valence-electron chi connectivity index (χ0n) is 8.51. The first-order valence-electron chi connectivity index (χ1n) is 4.67. The van der Waals surface area contributed by atoms with Crippen molar-refractivity contribution in [2.45, 2.75) is 4.90 Å². The maximum atomic E-state index is 11.9. The van der Waals surface area contributed by atoms with Gasteiger partial charge >= 0.3 is 0 Å². The summed E-state index contributed by atoms with van der Waals surface area (Å²) in [4.78, 5) is 11.0. The number of rotatable bonds is 1. The lowest BCUT2D eigenvalue weighted by atomic mass is 10.2. The monoisotopic (exact) mass is 234 g/mol. The van der Waals surface area contributed by atoms with Crippen LogP contribution >= 0.6 is 12.6 Å². The van der Waals surface area contributed by atoms with Crippen LogP contribution in [0.3, 0.4) is 0 Å². The van der Waals surface area contributed by atoms with E-state index in [4.69, 9.17) is 0 Å². The lowest BCUT2D eigenvalue weighted by Crippen LogP contribution is -1.75. The van der Waals surface area contributed by atoms with Gasteiger partial charge in [-0.2, -0.15) is 0 Å². The van der Waals surface area contributed by atoms with Crippen molar-refractivity contribution in [1.29, 1.82) is 0 Å². The summed E-state index contributed by atoms with van der Waals surface area (Å²) in [6.45, 7) is 0. The van der Waals surface area contributed by atoms with Crippen molar-refractivity contribution in [1.82, 2.24) is 0 Å². The summed E-state index contributed by atoms with van der Waals surface area (Å²) in [7, 11) is 0. The number of benzene rings is 2. The summed E-state index contributed by atoms with van der Waals surface area (Å²) >= 11 is 4.05. The minimum absolute atomic E-state index is 0.178. The van der Waals surface area contributed by atoms with Gasteiger partial charge in [-0.3, -0.25) is 4.79 Å². The molecule has 0 bridgehead atoms. The Kier molecular flexibility index (Phi) is 5.29. The molecule has 0 aliphatic heterocycles. The van der Waals surface area contributed by atoms with Gasteiger partial charge in [0, 0.05) is 10.5 Å². The molecule has 0 saturated heterocycles. The lowest BCUT2D eigenvalue weighted by Gasteiger charge is -1.88. The Morgan fingerprint density at radius 3 is 1.88 bits per heavy atom. The van der Waals surface area contributed by atoms with E-state index in [-0.39, 0.29) is 5.82 Å². The van der Waals surface area contributed by atoms with E-state index in [0.29, 0.717) is 5.56 Å². The summed E-state index contributed by atoms with van der Waals surface area (Å²) < 4.78 is 11.9. The van der Waals surface area contributed by atoms with Gasteiger partial charge in [-0.15, -0.1) is 12.6 Å². The Balaban J connectivity index is 0.000000165. The Morgan fingerprint density at radius 1 is 0.938 bits per heavy atom. The molecule has 2 aromatic rings. The molecule has 0 aliphatic rings. The molecular formula is C13H11FOS. The van der Waals surface area contributed by atoms with Crippen LogP contribution in [0, 0.1) is 5.82 Å². The van der Waals surface area contributed by atoms with Crippen molar-refractivity contribution in [2.75, 3.05) is 0 Å². The van der Waals surface area contributed by atoms with Crippen LogP contribution in [0.5, 0.6) is 0 Å². The number of hydrogen-bond acceptors (Lipinski definition) is 2. The van der Waals surface area contributed by atoms with E-state index < -0.39 is 0 Å². The third kappa shape index (κ3) is 4.75. The highest BCUT2D eigenvalue weighted by atomic mass is 32.1. The van der Waals surface area contributed by atoms with Crippen LogP contribution in [0.1, 0.15) is 10.4 Å². The van der Waals surface area contributed by atoms with Gasteiger partial charge in [0.1, 0.15) is 12.1 Å². The highest BCUT2D eigenvalue weighted by Gasteiger charge is 1.85. The fourth-order valence-corrected chi connectivity index (χ4v) is 1.12. The Bertz CT molecular complexity index is 425. The first-order valence-corrected chi connectivity index (χ1v) is 5.12. The van der Waals surface area contributed by atoms with E-state index in [1.165, 1.54) is 12.1 Å². The van der Waals surface area contributed by atoms with E-state index in [9.17, 15) is 9.18 Å².